The Morgan fingerprint density at radius 1 is 1.10 bits per heavy atom. The summed E-state index contributed by atoms with van der Waals surface area (Å²) < 4.78 is 0. The van der Waals surface area contributed by atoms with Crippen LogP contribution in [0, 0.1) is 16.0 Å². The van der Waals surface area contributed by atoms with Gasteiger partial charge in [0.25, 0.3) is 5.69 Å². The van der Waals surface area contributed by atoms with Crippen molar-refractivity contribution in [1.82, 2.24) is 4.90 Å². The molecule has 0 saturated carbocycles. The minimum atomic E-state index is -0.282. The van der Waals surface area contributed by atoms with Gasteiger partial charge in [0.05, 0.1) is 4.92 Å². The van der Waals surface area contributed by atoms with E-state index in [1.807, 2.05) is 36.4 Å². The van der Waals surface area contributed by atoms with Crippen LogP contribution in [0.25, 0.3) is 0 Å². The second-order valence-electron chi connectivity index (χ2n) is 7.84. The zero-order valence-corrected chi connectivity index (χ0v) is 18.1. The third-order valence-electron chi connectivity index (χ3n) is 5.24. The van der Waals surface area contributed by atoms with Crippen molar-refractivity contribution in [2.75, 3.05) is 49.1 Å². The van der Waals surface area contributed by atoms with E-state index in [-0.39, 0.29) is 10.6 Å². The zero-order valence-electron chi connectivity index (χ0n) is 17.3. The molecule has 156 valence electrons. The van der Waals surface area contributed by atoms with E-state index in [0.717, 1.165) is 50.6 Å². The highest BCUT2D eigenvalue weighted by Gasteiger charge is 2.25. The molecule has 0 amide bonds. The van der Waals surface area contributed by atoms with Gasteiger partial charge in [0, 0.05) is 61.7 Å². The second kappa shape index (κ2) is 9.46. The van der Waals surface area contributed by atoms with E-state index in [1.165, 1.54) is 0 Å². The van der Waals surface area contributed by atoms with Crippen molar-refractivity contribution < 1.29 is 4.92 Å². The fourth-order valence-corrected chi connectivity index (χ4v) is 4.12. The number of anilines is 3. The Balaban J connectivity index is 1.89. The van der Waals surface area contributed by atoms with E-state index in [2.05, 4.69) is 35.5 Å². The number of hydrogen-bond donors (Lipinski definition) is 0. The van der Waals surface area contributed by atoms with Gasteiger partial charge < -0.3 is 9.80 Å². The largest absolute Gasteiger partial charge is 0.363 e. The van der Waals surface area contributed by atoms with Crippen LogP contribution in [-0.2, 0) is 0 Å². The summed E-state index contributed by atoms with van der Waals surface area (Å²) in [6, 6.07) is 13.1. The number of nitro groups is 1. The lowest BCUT2D eigenvalue weighted by Gasteiger charge is -2.37. The van der Waals surface area contributed by atoms with Gasteiger partial charge >= 0.3 is 0 Å². The van der Waals surface area contributed by atoms with Crippen LogP contribution in [-0.4, -0.2) is 49.1 Å². The van der Waals surface area contributed by atoms with Crippen LogP contribution in [0.3, 0.4) is 0 Å². The SMILES string of the molecule is CCN(c1cccc(Cl)c1)c1ccc([N+](=O)[O-])c(N2CCN(CC(C)C)CC2)c1. The van der Waals surface area contributed by atoms with Crippen LogP contribution < -0.4 is 9.80 Å². The van der Waals surface area contributed by atoms with Gasteiger partial charge in [0.2, 0.25) is 0 Å². The Morgan fingerprint density at radius 2 is 1.79 bits per heavy atom. The van der Waals surface area contributed by atoms with Crippen molar-refractivity contribution in [3.8, 4) is 0 Å². The summed E-state index contributed by atoms with van der Waals surface area (Å²) in [5, 5.41) is 12.3. The summed E-state index contributed by atoms with van der Waals surface area (Å²) in [6.07, 6.45) is 0. The highest BCUT2D eigenvalue weighted by Crippen LogP contribution is 2.36. The Morgan fingerprint density at radius 3 is 2.38 bits per heavy atom. The van der Waals surface area contributed by atoms with Crippen molar-refractivity contribution in [2.24, 2.45) is 5.92 Å². The molecular weight excluding hydrogens is 388 g/mol. The number of benzene rings is 2. The molecule has 6 nitrogen and oxygen atoms in total. The monoisotopic (exact) mass is 416 g/mol. The number of piperazine rings is 1. The van der Waals surface area contributed by atoms with Crippen LogP contribution in [0.2, 0.25) is 5.02 Å². The van der Waals surface area contributed by atoms with Crippen molar-refractivity contribution in [2.45, 2.75) is 20.8 Å². The van der Waals surface area contributed by atoms with Crippen LogP contribution in [0.4, 0.5) is 22.7 Å². The third kappa shape index (κ3) is 5.19. The first-order chi connectivity index (χ1) is 13.9. The summed E-state index contributed by atoms with van der Waals surface area (Å²) in [4.78, 5) is 18.1. The Hall–Kier alpha value is -2.31. The number of nitro benzene ring substituents is 1. The molecule has 1 saturated heterocycles. The molecule has 29 heavy (non-hydrogen) atoms. The zero-order chi connectivity index (χ0) is 21.0. The molecule has 7 heteroatoms. The molecule has 1 fully saturated rings. The van der Waals surface area contributed by atoms with E-state index < -0.39 is 0 Å². The highest BCUT2D eigenvalue weighted by atomic mass is 35.5. The maximum Gasteiger partial charge on any atom is 0.292 e. The number of halogens is 1. The van der Waals surface area contributed by atoms with Crippen LogP contribution in [0.1, 0.15) is 20.8 Å². The van der Waals surface area contributed by atoms with Crippen molar-refractivity contribution in [3.05, 3.63) is 57.6 Å². The fraction of sp³-hybridized carbons (Fsp3) is 0.455. The Labute approximate surface area is 177 Å². The Bertz CT molecular complexity index is 850. The normalized spacial score (nSPS) is 15.0. The lowest BCUT2D eigenvalue weighted by Crippen LogP contribution is -2.47. The number of nitrogens with zero attached hydrogens (tertiary/aromatic N) is 4. The molecular formula is C22H29ClN4O2. The molecule has 1 heterocycles. The molecule has 1 aliphatic heterocycles. The van der Waals surface area contributed by atoms with Crippen LogP contribution >= 0.6 is 11.6 Å². The molecule has 0 aliphatic carbocycles. The summed E-state index contributed by atoms with van der Waals surface area (Å²) in [5.74, 6) is 0.620. The average molecular weight is 417 g/mol. The Kier molecular flexibility index (Phi) is 6.98. The summed E-state index contributed by atoms with van der Waals surface area (Å²) in [7, 11) is 0. The molecule has 1 aliphatic rings. The van der Waals surface area contributed by atoms with Crippen LogP contribution in [0.5, 0.6) is 0 Å². The van der Waals surface area contributed by atoms with E-state index in [1.54, 1.807) is 6.07 Å². The van der Waals surface area contributed by atoms with E-state index >= 15 is 0 Å². The first kappa shape index (κ1) is 21.4. The van der Waals surface area contributed by atoms with Gasteiger partial charge in [-0.15, -0.1) is 0 Å². The average Bonchev–Trinajstić information content (AvgIpc) is 2.68. The van der Waals surface area contributed by atoms with Crippen LogP contribution in [0.15, 0.2) is 42.5 Å². The first-order valence-corrected chi connectivity index (χ1v) is 10.6. The molecule has 2 aromatic carbocycles. The summed E-state index contributed by atoms with van der Waals surface area (Å²) in [5.41, 5.74) is 2.76. The summed E-state index contributed by atoms with van der Waals surface area (Å²) >= 11 is 6.17. The van der Waals surface area contributed by atoms with Gasteiger partial charge in [-0.1, -0.05) is 31.5 Å². The molecule has 3 rings (SSSR count). The molecule has 0 N–H and O–H groups in total. The molecule has 0 bridgehead atoms. The van der Waals surface area contributed by atoms with Gasteiger partial charge in [-0.25, -0.2) is 0 Å². The highest BCUT2D eigenvalue weighted by molar-refractivity contribution is 6.30. The lowest BCUT2D eigenvalue weighted by atomic mass is 10.1. The van der Waals surface area contributed by atoms with Crippen molar-refractivity contribution in [1.29, 1.82) is 0 Å². The van der Waals surface area contributed by atoms with E-state index in [9.17, 15) is 10.1 Å². The molecule has 0 atom stereocenters. The van der Waals surface area contributed by atoms with E-state index in [0.29, 0.717) is 16.6 Å². The molecule has 2 aromatic rings. The quantitative estimate of drug-likeness (QED) is 0.459. The molecule has 0 spiro atoms. The second-order valence-corrected chi connectivity index (χ2v) is 8.27. The lowest BCUT2D eigenvalue weighted by molar-refractivity contribution is -0.384. The predicted molar refractivity (Wildman–Crippen MR) is 121 cm³/mol. The molecule has 0 aromatic heterocycles. The maximum absolute atomic E-state index is 11.7. The van der Waals surface area contributed by atoms with Crippen molar-refractivity contribution >= 4 is 34.4 Å². The standard InChI is InChI=1S/C22H29ClN4O2/c1-4-26(19-7-5-6-18(23)14-19)20-8-9-21(27(28)29)22(15-20)25-12-10-24(11-13-25)16-17(2)3/h5-9,14-15,17H,4,10-13,16H2,1-3H3. The van der Waals surface area contributed by atoms with Gasteiger partial charge in [-0.05, 0) is 43.2 Å². The third-order valence-corrected chi connectivity index (χ3v) is 5.47. The van der Waals surface area contributed by atoms with Gasteiger partial charge in [-0.3, -0.25) is 15.0 Å². The predicted octanol–water partition coefficient (Wildman–Crippen LogP) is 5.18. The van der Waals surface area contributed by atoms with Gasteiger partial charge in [0.15, 0.2) is 0 Å². The van der Waals surface area contributed by atoms with Gasteiger partial charge in [0.1, 0.15) is 5.69 Å². The maximum atomic E-state index is 11.7. The first-order valence-electron chi connectivity index (χ1n) is 10.2. The number of hydrogen-bond acceptors (Lipinski definition) is 5. The summed E-state index contributed by atoms with van der Waals surface area (Å²) in [6.45, 7) is 11.7. The van der Waals surface area contributed by atoms with E-state index in [4.69, 9.17) is 11.6 Å². The topological polar surface area (TPSA) is 52.9 Å². The smallest absolute Gasteiger partial charge is 0.292 e. The molecule has 0 radical (unpaired) electrons. The minimum Gasteiger partial charge on any atom is -0.363 e. The minimum absolute atomic E-state index is 0.160. The fourth-order valence-electron chi connectivity index (χ4n) is 3.93. The number of rotatable bonds is 7. The van der Waals surface area contributed by atoms with Crippen molar-refractivity contribution in [3.63, 3.8) is 0 Å². The van der Waals surface area contributed by atoms with Gasteiger partial charge in [-0.2, -0.15) is 0 Å². The molecule has 0 unspecified atom stereocenters.